The molecule has 0 radical (unpaired) electrons. The van der Waals surface area contributed by atoms with Crippen molar-refractivity contribution in [3.8, 4) is 17.2 Å². The maximum absolute atomic E-state index is 13.2. The fourth-order valence-electron chi connectivity index (χ4n) is 3.35. The number of carbonyl (C=O) groups excluding carboxylic acids is 1. The van der Waals surface area contributed by atoms with E-state index in [0.717, 1.165) is 24.3 Å². The Balaban J connectivity index is 1.53. The fraction of sp³-hybridized carbons (Fsp3) is 0.208. The topological polar surface area (TPSA) is 82.1 Å². The van der Waals surface area contributed by atoms with E-state index in [1.54, 1.807) is 41.3 Å². The third kappa shape index (κ3) is 5.09. The lowest BCUT2D eigenvalue weighted by Crippen LogP contribution is -2.36. The third-order valence-electron chi connectivity index (χ3n) is 5.06. The van der Waals surface area contributed by atoms with Crippen LogP contribution in [0.4, 0.5) is 4.39 Å². The summed E-state index contributed by atoms with van der Waals surface area (Å²) in [7, 11) is -4.13. The van der Waals surface area contributed by atoms with Gasteiger partial charge in [-0.3, -0.25) is 4.79 Å². The Morgan fingerprint density at radius 3 is 2.48 bits per heavy atom. The van der Waals surface area contributed by atoms with Gasteiger partial charge < -0.3 is 18.6 Å². The number of hydrogen-bond acceptors (Lipinski definition) is 6. The van der Waals surface area contributed by atoms with Crippen LogP contribution >= 0.6 is 0 Å². The van der Waals surface area contributed by atoms with Crippen LogP contribution < -0.4 is 13.7 Å². The molecule has 0 unspecified atom stereocenters. The molecule has 0 fully saturated rings. The average Bonchev–Trinajstić information content (AvgIpc) is 3.25. The Morgan fingerprint density at radius 1 is 1.03 bits per heavy atom. The van der Waals surface area contributed by atoms with Gasteiger partial charge in [-0.15, -0.1) is 0 Å². The van der Waals surface area contributed by atoms with Gasteiger partial charge >= 0.3 is 10.1 Å². The normalized spacial score (nSPS) is 12.6. The summed E-state index contributed by atoms with van der Waals surface area (Å²) in [4.78, 5) is 14.7. The predicted octanol–water partition coefficient (Wildman–Crippen LogP) is 4.37. The summed E-state index contributed by atoms with van der Waals surface area (Å²) < 4.78 is 54.0. The third-order valence-corrected chi connectivity index (χ3v) is 6.32. The molecule has 1 heterocycles. The minimum Gasteiger partial charge on any atom is -0.454 e. The summed E-state index contributed by atoms with van der Waals surface area (Å²) in [6.45, 7) is 4.14. The lowest BCUT2D eigenvalue weighted by Gasteiger charge is -2.27. The molecule has 0 aromatic heterocycles. The first-order chi connectivity index (χ1) is 15.7. The summed E-state index contributed by atoms with van der Waals surface area (Å²) in [5.74, 6) is 0.460. The van der Waals surface area contributed by atoms with E-state index in [9.17, 15) is 17.6 Å². The van der Waals surface area contributed by atoms with Gasteiger partial charge in [-0.05, 0) is 74.0 Å². The van der Waals surface area contributed by atoms with E-state index in [-0.39, 0.29) is 35.9 Å². The molecule has 0 N–H and O–H groups in total. The van der Waals surface area contributed by atoms with Crippen molar-refractivity contribution in [3.05, 3.63) is 83.7 Å². The zero-order valence-electron chi connectivity index (χ0n) is 18.0. The van der Waals surface area contributed by atoms with Gasteiger partial charge in [0.05, 0.1) is 0 Å². The number of benzene rings is 3. The molecule has 1 aliphatic heterocycles. The van der Waals surface area contributed by atoms with Crippen LogP contribution in [-0.2, 0) is 16.7 Å². The summed E-state index contributed by atoms with van der Waals surface area (Å²) in [5, 5.41) is 0. The van der Waals surface area contributed by atoms with Crippen molar-refractivity contribution in [1.29, 1.82) is 0 Å². The van der Waals surface area contributed by atoms with Gasteiger partial charge in [0.25, 0.3) is 5.91 Å². The first-order valence-corrected chi connectivity index (χ1v) is 11.6. The maximum atomic E-state index is 13.2. The fourth-order valence-corrected chi connectivity index (χ4v) is 4.28. The number of fused-ring (bicyclic) bond motifs is 1. The van der Waals surface area contributed by atoms with Gasteiger partial charge in [0.2, 0.25) is 6.79 Å². The molecule has 9 heteroatoms. The van der Waals surface area contributed by atoms with Crippen LogP contribution in [0.1, 0.15) is 29.8 Å². The van der Waals surface area contributed by atoms with Crippen LogP contribution in [0.25, 0.3) is 0 Å². The van der Waals surface area contributed by atoms with Crippen molar-refractivity contribution in [3.63, 3.8) is 0 Å². The molecule has 33 heavy (non-hydrogen) atoms. The van der Waals surface area contributed by atoms with Crippen molar-refractivity contribution in [2.45, 2.75) is 31.3 Å². The van der Waals surface area contributed by atoms with Crippen LogP contribution in [0.3, 0.4) is 0 Å². The van der Waals surface area contributed by atoms with Gasteiger partial charge in [0, 0.05) is 18.2 Å². The second kappa shape index (κ2) is 9.11. The second-order valence-electron chi connectivity index (χ2n) is 7.73. The van der Waals surface area contributed by atoms with E-state index in [1.807, 2.05) is 13.8 Å². The standard InChI is InChI=1S/C24H22FNO6S/c1-16(2)26(24(27)18-6-11-22-23(13-18)31-15-30-22)14-17-4-3-5-20(12-17)32-33(28,29)21-9-7-19(25)8-10-21/h3-13,16H,14-15H2,1-2H3. The monoisotopic (exact) mass is 471 g/mol. The Labute approximate surface area is 191 Å². The molecule has 172 valence electrons. The lowest BCUT2D eigenvalue weighted by molar-refractivity contribution is 0.0689. The number of rotatable bonds is 7. The van der Waals surface area contributed by atoms with Gasteiger partial charge in [0.15, 0.2) is 11.5 Å². The van der Waals surface area contributed by atoms with Gasteiger partial charge in [0.1, 0.15) is 16.5 Å². The van der Waals surface area contributed by atoms with Crippen molar-refractivity contribution in [2.75, 3.05) is 6.79 Å². The number of halogens is 1. The molecular weight excluding hydrogens is 449 g/mol. The van der Waals surface area contributed by atoms with E-state index < -0.39 is 15.9 Å². The SMILES string of the molecule is CC(C)N(Cc1cccc(OS(=O)(=O)c2ccc(F)cc2)c1)C(=O)c1ccc2c(c1)OCO2. The van der Waals surface area contributed by atoms with Gasteiger partial charge in [-0.25, -0.2) is 4.39 Å². The number of nitrogens with zero attached hydrogens (tertiary/aromatic N) is 1. The zero-order chi connectivity index (χ0) is 23.6. The second-order valence-corrected chi connectivity index (χ2v) is 9.28. The van der Waals surface area contributed by atoms with E-state index in [2.05, 4.69) is 0 Å². The molecule has 0 atom stereocenters. The molecule has 7 nitrogen and oxygen atoms in total. The summed E-state index contributed by atoms with van der Waals surface area (Å²) in [6, 6.07) is 15.8. The highest BCUT2D eigenvalue weighted by molar-refractivity contribution is 7.87. The number of amides is 1. The van der Waals surface area contributed by atoms with Crippen molar-refractivity contribution in [2.24, 2.45) is 0 Å². The van der Waals surface area contributed by atoms with Crippen LogP contribution in [0, 0.1) is 5.82 Å². The molecular formula is C24H22FNO6S. The quantitative estimate of drug-likeness (QED) is 0.476. The number of ether oxygens (including phenoxy) is 2. The van der Waals surface area contributed by atoms with Crippen LogP contribution in [0.5, 0.6) is 17.2 Å². The summed E-state index contributed by atoms with van der Waals surface area (Å²) in [6.07, 6.45) is 0. The number of hydrogen-bond donors (Lipinski definition) is 0. The summed E-state index contributed by atoms with van der Waals surface area (Å²) >= 11 is 0. The van der Waals surface area contributed by atoms with Crippen molar-refractivity contribution < 1.29 is 31.3 Å². The first-order valence-electron chi connectivity index (χ1n) is 10.2. The van der Waals surface area contributed by atoms with E-state index in [0.29, 0.717) is 22.6 Å². The Kier molecular flexibility index (Phi) is 6.24. The predicted molar refractivity (Wildman–Crippen MR) is 118 cm³/mol. The molecule has 3 aromatic carbocycles. The average molecular weight is 472 g/mol. The smallest absolute Gasteiger partial charge is 0.339 e. The van der Waals surface area contributed by atoms with E-state index in [4.69, 9.17) is 13.7 Å². The van der Waals surface area contributed by atoms with Gasteiger partial charge in [-0.1, -0.05) is 12.1 Å². The minimum absolute atomic E-state index is 0.0936. The minimum atomic E-state index is -4.13. The van der Waals surface area contributed by atoms with Crippen LogP contribution in [0.2, 0.25) is 0 Å². The molecule has 1 aliphatic rings. The molecule has 3 aromatic rings. The van der Waals surface area contributed by atoms with Crippen molar-refractivity contribution in [1.82, 2.24) is 4.90 Å². The van der Waals surface area contributed by atoms with E-state index >= 15 is 0 Å². The molecule has 4 rings (SSSR count). The highest BCUT2D eigenvalue weighted by Gasteiger charge is 2.23. The van der Waals surface area contributed by atoms with Crippen LogP contribution in [0.15, 0.2) is 71.6 Å². The Bertz CT molecular complexity index is 1270. The molecule has 0 saturated carbocycles. The maximum Gasteiger partial charge on any atom is 0.339 e. The zero-order valence-corrected chi connectivity index (χ0v) is 18.8. The highest BCUT2D eigenvalue weighted by atomic mass is 32.2. The number of carbonyl (C=O) groups is 1. The Hall–Kier alpha value is -3.59. The molecule has 0 bridgehead atoms. The van der Waals surface area contributed by atoms with Gasteiger partial charge in [-0.2, -0.15) is 8.42 Å². The lowest BCUT2D eigenvalue weighted by atomic mass is 10.1. The largest absolute Gasteiger partial charge is 0.454 e. The first kappa shape index (κ1) is 22.6. The molecule has 0 aliphatic carbocycles. The molecule has 0 saturated heterocycles. The van der Waals surface area contributed by atoms with Crippen molar-refractivity contribution >= 4 is 16.0 Å². The summed E-state index contributed by atoms with van der Waals surface area (Å²) in [5.41, 5.74) is 1.14. The highest BCUT2D eigenvalue weighted by Crippen LogP contribution is 2.33. The van der Waals surface area contributed by atoms with E-state index in [1.165, 1.54) is 6.07 Å². The van der Waals surface area contributed by atoms with Crippen LogP contribution in [-0.4, -0.2) is 32.1 Å². The Morgan fingerprint density at radius 2 is 1.76 bits per heavy atom. The molecule has 0 spiro atoms. The molecule has 1 amide bonds.